The van der Waals surface area contributed by atoms with E-state index in [4.69, 9.17) is 0 Å². The number of thiazole rings is 1. The van der Waals surface area contributed by atoms with E-state index in [1.165, 1.54) is 26.8 Å². The molecule has 0 saturated carbocycles. The molecule has 2 heterocycles. The summed E-state index contributed by atoms with van der Waals surface area (Å²) in [6.07, 6.45) is 2.07. The van der Waals surface area contributed by atoms with E-state index in [-0.39, 0.29) is 0 Å². The van der Waals surface area contributed by atoms with Crippen molar-refractivity contribution in [2.75, 3.05) is 0 Å². The third kappa shape index (κ3) is 2.03. The molecule has 2 aromatic carbocycles. The molecule has 3 nitrogen and oxygen atoms in total. The first kappa shape index (κ1) is 12.5. The Morgan fingerprint density at radius 3 is 2.76 bits per heavy atom. The molecule has 0 aliphatic rings. The van der Waals surface area contributed by atoms with Gasteiger partial charge in [0.15, 0.2) is 0 Å². The lowest BCUT2D eigenvalue weighted by atomic mass is 10.0. The van der Waals surface area contributed by atoms with Crippen LogP contribution < -0.4 is 0 Å². The summed E-state index contributed by atoms with van der Waals surface area (Å²) in [4.78, 5) is 4.52. The lowest BCUT2D eigenvalue weighted by molar-refractivity contribution is 0.779. The van der Waals surface area contributed by atoms with Crippen LogP contribution in [-0.4, -0.2) is 14.8 Å². The summed E-state index contributed by atoms with van der Waals surface area (Å²) in [7, 11) is 1.96. The number of hydrogen-bond donors (Lipinski definition) is 0. The van der Waals surface area contributed by atoms with E-state index in [1.54, 1.807) is 11.3 Å². The predicted octanol–water partition coefficient (Wildman–Crippen LogP) is 4.47. The minimum Gasteiger partial charge on any atom is -0.275 e. The van der Waals surface area contributed by atoms with Crippen LogP contribution in [0.15, 0.2) is 36.5 Å². The van der Waals surface area contributed by atoms with Gasteiger partial charge in [-0.2, -0.15) is 5.10 Å². The van der Waals surface area contributed by atoms with Crippen molar-refractivity contribution >= 4 is 32.5 Å². The average Bonchev–Trinajstić information content (AvgIpc) is 2.98. The van der Waals surface area contributed by atoms with Crippen molar-refractivity contribution in [3.8, 4) is 11.1 Å². The van der Waals surface area contributed by atoms with E-state index in [0.29, 0.717) is 0 Å². The van der Waals surface area contributed by atoms with Crippen molar-refractivity contribution in [3.63, 3.8) is 0 Å². The molecule has 0 atom stereocenters. The predicted molar refractivity (Wildman–Crippen MR) is 88.8 cm³/mol. The van der Waals surface area contributed by atoms with Gasteiger partial charge in [0, 0.05) is 18.6 Å². The maximum atomic E-state index is 4.52. The van der Waals surface area contributed by atoms with Crippen molar-refractivity contribution in [2.45, 2.75) is 13.8 Å². The fourth-order valence-electron chi connectivity index (χ4n) is 2.82. The smallest absolute Gasteiger partial charge is 0.0952 e. The largest absolute Gasteiger partial charge is 0.275 e. The van der Waals surface area contributed by atoms with Crippen molar-refractivity contribution in [1.82, 2.24) is 14.8 Å². The van der Waals surface area contributed by atoms with Gasteiger partial charge in [-0.25, -0.2) is 4.98 Å². The molecule has 0 amide bonds. The summed E-state index contributed by atoms with van der Waals surface area (Å²) in [5.74, 6) is 0. The first-order valence-corrected chi connectivity index (χ1v) is 7.73. The van der Waals surface area contributed by atoms with Gasteiger partial charge in [0.05, 0.1) is 20.7 Å². The van der Waals surface area contributed by atoms with Gasteiger partial charge in [0.2, 0.25) is 0 Å². The van der Waals surface area contributed by atoms with Crippen LogP contribution in [0.5, 0.6) is 0 Å². The van der Waals surface area contributed by atoms with Crippen LogP contribution in [-0.2, 0) is 7.05 Å². The summed E-state index contributed by atoms with van der Waals surface area (Å²) in [5, 5.41) is 6.81. The average molecular weight is 293 g/mol. The van der Waals surface area contributed by atoms with Crippen LogP contribution in [0.2, 0.25) is 0 Å². The van der Waals surface area contributed by atoms with Gasteiger partial charge in [-0.1, -0.05) is 6.07 Å². The standard InChI is InChI=1S/C17H15N3S/c1-10-6-13(7-14-9-20(3)19-17(10)14)12-4-5-15-16(8-12)21-11(2)18-15/h4-9H,1-3H3. The van der Waals surface area contributed by atoms with Crippen LogP contribution in [0.25, 0.3) is 32.2 Å². The topological polar surface area (TPSA) is 30.7 Å². The molecule has 0 N–H and O–H groups in total. The number of fused-ring (bicyclic) bond motifs is 2. The highest BCUT2D eigenvalue weighted by atomic mass is 32.1. The van der Waals surface area contributed by atoms with E-state index < -0.39 is 0 Å². The van der Waals surface area contributed by atoms with Crippen molar-refractivity contribution in [2.24, 2.45) is 7.05 Å². The molecule has 4 aromatic rings. The van der Waals surface area contributed by atoms with Gasteiger partial charge in [0.1, 0.15) is 0 Å². The molecule has 21 heavy (non-hydrogen) atoms. The summed E-state index contributed by atoms with van der Waals surface area (Å²) >= 11 is 1.75. The maximum Gasteiger partial charge on any atom is 0.0952 e. The number of rotatable bonds is 1. The summed E-state index contributed by atoms with van der Waals surface area (Å²) in [5.41, 5.74) is 5.85. The third-order valence-corrected chi connectivity index (χ3v) is 4.68. The second-order valence-corrected chi connectivity index (χ2v) is 6.68. The van der Waals surface area contributed by atoms with Gasteiger partial charge in [0.25, 0.3) is 0 Å². The maximum absolute atomic E-state index is 4.52. The zero-order valence-corrected chi connectivity index (χ0v) is 13.0. The van der Waals surface area contributed by atoms with Gasteiger partial charge in [-0.15, -0.1) is 11.3 Å². The Morgan fingerprint density at radius 1 is 1.05 bits per heavy atom. The number of nitrogens with zero attached hydrogens (tertiary/aromatic N) is 3. The molecular formula is C17H15N3S. The molecular weight excluding hydrogens is 278 g/mol. The minimum absolute atomic E-state index is 1.08. The van der Waals surface area contributed by atoms with Crippen LogP contribution in [0.1, 0.15) is 10.6 Å². The van der Waals surface area contributed by atoms with E-state index in [2.05, 4.69) is 60.5 Å². The van der Waals surface area contributed by atoms with E-state index in [0.717, 1.165) is 16.0 Å². The number of hydrogen-bond acceptors (Lipinski definition) is 3. The fraction of sp³-hybridized carbons (Fsp3) is 0.176. The molecule has 0 aliphatic heterocycles. The molecule has 4 rings (SSSR count). The molecule has 0 radical (unpaired) electrons. The molecule has 0 fully saturated rings. The quantitative estimate of drug-likeness (QED) is 0.518. The Balaban J connectivity index is 1.94. The highest BCUT2D eigenvalue weighted by Crippen LogP contribution is 2.30. The van der Waals surface area contributed by atoms with E-state index >= 15 is 0 Å². The lowest BCUT2D eigenvalue weighted by Crippen LogP contribution is -1.86. The number of aryl methyl sites for hydroxylation is 3. The first-order valence-electron chi connectivity index (χ1n) is 6.92. The van der Waals surface area contributed by atoms with Gasteiger partial charge >= 0.3 is 0 Å². The third-order valence-electron chi connectivity index (χ3n) is 3.74. The fourth-order valence-corrected chi connectivity index (χ4v) is 3.68. The highest BCUT2D eigenvalue weighted by Gasteiger charge is 2.08. The molecule has 0 aliphatic carbocycles. The summed E-state index contributed by atoms with van der Waals surface area (Å²) in [6, 6.07) is 10.9. The monoisotopic (exact) mass is 293 g/mol. The second kappa shape index (κ2) is 4.40. The number of benzene rings is 2. The molecule has 2 aromatic heterocycles. The Kier molecular flexibility index (Phi) is 2.62. The minimum atomic E-state index is 1.08. The van der Waals surface area contributed by atoms with E-state index in [9.17, 15) is 0 Å². The van der Waals surface area contributed by atoms with Crippen molar-refractivity contribution < 1.29 is 0 Å². The SMILES string of the molecule is Cc1nc2ccc(-c3cc(C)c4nn(C)cc4c3)cc2s1. The normalized spacial score (nSPS) is 11.6. The Bertz CT molecular complexity index is 978. The highest BCUT2D eigenvalue weighted by molar-refractivity contribution is 7.18. The molecule has 0 bridgehead atoms. The van der Waals surface area contributed by atoms with Crippen molar-refractivity contribution in [1.29, 1.82) is 0 Å². The number of aromatic nitrogens is 3. The van der Waals surface area contributed by atoms with Gasteiger partial charge in [-0.3, -0.25) is 4.68 Å². The van der Waals surface area contributed by atoms with Crippen LogP contribution >= 0.6 is 11.3 Å². The molecule has 4 heteroatoms. The van der Waals surface area contributed by atoms with Crippen LogP contribution in [0.3, 0.4) is 0 Å². The zero-order valence-electron chi connectivity index (χ0n) is 12.2. The van der Waals surface area contributed by atoms with Crippen molar-refractivity contribution in [3.05, 3.63) is 47.1 Å². The Labute approximate surface area is 126 Å². The van der Waals surface area contributed by atoms with Gasteiger partial charge in [-0.05, 0) is 54.8 Å². The van der Waals surface area contributed by atoms with Crippen LogP contribution in [0, 0.1) is 13.8 Å². The zero-order chi connectivity index (χ0) is 14.6. The Morgan fingerprint density at radius 2 is 1.90 bits per heavy atom. The van der Waals surface area contributed by atoms with E-state index in [1.807, 2.05) is 11.7 Å². The Hall–Kier alpha value is -2.20. The second-order valence-electron chi connectivity index (χ2n) is 5.45. The molecule has 0 spiro atoms. The van der Waals surface area contributed by atoms with Gasteiger partial charge < -0.3 is 0 Å². The lowest BCUT2D eigenvalue weighted by Gasteiger charge is -2.04. The molecule has 0 saturated heterocycles. The van der Waals surface area contributed by atoms with Crippen LogP contribution in [0.4, 0.5) is 0 Å². The summed E-state index contributed by atoms with van der Waals surface area (Å²) in [6.45, 7) is 4.17. The first-order chi connectivity index (χ1) is 10.1. The summed E-state index contributed by atoms with van der Waals surface area (Å²) < 4.78 is 3.12. The molecule has 0 unspecified atom stereocenters. The molecule has 104 valence electrons.